The summed E-state index contributed by atoms with van der Waals surface area (Å²) in [6, 6.07) is 20.1. The minimum absolute atomic E-state index is 0.145. The van der Waals surface area contributed by atoms with E-state index in [-0.39, 0.29) is 11.4 Å². The summed E-state index contributed by atoms with van der Waals surface area (Å²) in [5.74, 6) is -0.374. The monoisotopic (exact) mass is 501 g/mol. The number of amides is 1. The number of thiophene rings is 1. The predicted octanol–water partition coefficient (Wildman–Crippen LogP) is 7.15. The molecule has 0 saturated heterocycles. The van der Waals surface area contributed by atoms with Crippen LogP contribution in [0.1, 0.15) is 17.3 Å². The molecule has 0 unspecified atom stereocenters. The molecule has 36 heavy (non-hydrogen) atoms. The molecule has 0 aliphatic carbocycles. The van der Waals surface area contributed by atoms with E-state index in [1.807, 2.05) is 47.8 Å². The quantitative estimate of drug-likeness (QED) is 0.197. The van der Waals surface area contributed by atoms with Crippen molar-refractivity contribution in [3.63, 3.8) is 0 Å². The SMILES string of the molecule is COc1ccc(-c2cc(OC(C)=O)c3c(-c4cccs4)c(NC(=O)c4cccc(F)c4)oc3c2)cc1. The van der Waals surface area contributed by atoms with Crippen LogP contribution in [0.5, 0.6) is 11.5 Å². The summed E-state index contributed by atoms with van der Waals surface area (Å²) in [5, 5.41) is 5.20. The molecule has 0 bridgehead atoms. The maximum atomic E-state index is 13.7. The summed E-state index contributed by atoms with van der Waals surface area (Å²) in [5.41, 5.74) is 2.73. The standard InChI is InChI=1S/C28H20FNO5S/c1-16(31)34-22-14-19(17-8-10-21(33-2)11-9-17)15-23-25(22)26(24-7-4-12-36-24)28(35-23)30-27(32)18-5-3-6-20(29)13-18/h3-15H,1-2H3,(H,30,32). The van der Waals surface area contributed by atoms with Gasteiger partial charge in [0.05, 0.1) is 18.1 Å². The molecule has 2 aromatic heterocycles. The molecule has 180 valence electrons. The summed E-state index contributed by atoms with van der Waals surface area (Å²) in [6.07, 6.45) is 0. The third kappa shape index (κ3) is 4.58. The van der Waals surface area contributed by atoms with Crippen LogP contribution < -0.4 is 14.8 Å². The van der Waals surface area contributed by atoms with Gasteiger partial charge in [0.15, 0.2) is 0 Å². The van der Waals surface area contributed by atoms with Gasteiger partial charge >= 0.3 is 5.97 Å². The lowest BCUT2D eigenvalue weighted by Crippen LogP contribution is -2.12. The molecule has 1 N–H and O–H groups in total. The third-order valence-electron chi connectivity index (χ3n) is 5.51. The van der Waals surface area contributed by atoms with Gasteiger partial charge in [0.2, 0.25) is 5.88 Å². The van der Waals surface area contributed by atoms with Crippen LogP contribution in [-0.4, -0.2) is 19.0 Å². The van der Waals surface area contributed by atoms with E-state index in [1.54, 1.807) is 13.2 Å². The minimum atomic E-state index is -0.532. The van der Waals surface area contributed by atoms with Crippen molar-refractivity contribution in [2.24, 2.45) is 0 Å². The number of rotatable bonds is 6. The molecule has 0 aliphatic rings. The van der Waals surface area contributed by atoms with E-state index in [9.17, 15) is 14.0 Å². The summed E-state index contributed by atoms with van der Waals surface area (Å²) < 4.78 is 30.7. The average molecular weight is 502 g/mol. The largest absolute Gasteiger partial charge is 0.497 e. The molecule has 5 rings (SSSR count). The number of carbonyl (C=O) groups excluding carboxylic acids is 2. The lowest BCUT2D eigenvalue weighted by Gasteiger charge is -2.09. The van der Waals surface area contributed by atoms with Crippen molar-refractivity contribution in [2.45, 2.75) is 6.92 Å². The van der Waals surface area contributed by atoms with Crippen molar-refractivity contribution in [1.29, 1.82) is 0 Å². The first-order valence-electron chi connectivity index (χ1n) is 11.0. The molecule has 2 heterocycles. The fourth-order valence-corrected chi connectivity index (χ4v) is 4.70. The number of methoxy groups -OCH3 is 1. The third-order valence-corrected chi connectivity index (χ3v) is 6.40. The van der Waals surface area contributed by atoms with Gasteiger partial charge in [-0.3, -0.25) is 14.9 Å². The highest BCUT2D eigenvalue weighted by molar-refractivity contribution is 7.13. The van der Waals surface area contributed by atoms with Gasteiger partial charge < -0.3 is 13.9 Å². The second-order valence-electron chi connectivity index (χ2n) is 7.92. The Balaban J connectivity index is 1.69. The Hall–Kier alpha value is -4.43. The van der Waals surface area contributed by atoms with Crippen molar-refractivity contribution in [2.75, 3.05) is 12.4 Å². The zero-order valence-corrected chi connectivity index (χ0v) is 20.1. The van der Waals surface area contributed by atoms with E-state index in [0.717, 1.165) is 22.1 Å². The first-order valence-corrected chi connectivity index (χ1v) is 11.8. The summed E-state index contributed by atoms with van der Waals surface area (Å²) in [7, 11) is 1.59. The zero-order valence-electron chi connectivity index (χ0n) is 19.3. The van der Waals surface area contributed by atoms with Gasteiger partial charge in [-0.2, -0.15) is 0 Å². The van der Waals surface area contributed by atoms with Crippen LogP contribution in [0.25, 0.3) is 32.5 Å². The van der Waals surface area contributed by atoms with E-state index < -0.39 is 17.7 Å². The van der Waals surface area contributed by atoms with Gasteiger partial charge in [-0.05, 0) is 65.0 Å². The summed E-state index contributed by atoms with van der Waals surface area (Å²) >= 11 is 1.44. The fourth-order valence-electron chi connectivity index (χ4n) is 3.93. The number of hydrogen-bond donors (Lipinski definition) is 1. The zero-order chi connectivity index (χ0) is 25.2. The number of fused-ring (bicyclic) bond motifs is 1. The van der Waals surface area contributed by atoms with E-state index in [0.29, 0.717) is 28.0 Å². The smallest absolute Gasteiger partial charge is 0.308 e. The Bertz CT molecular complexity index is 1570. The number of esters is 1. The van der Waals surface area contributed by atoms with Gasteiger partial charge in [-0.1, -0.05) is 24.3 Å². The van der Waals surface area contributed by atoms with Crippen LogP contribution in [0.2, 0.25) is 0 Å². The second kappa shape index (κ2) is 9.67. The Morgan fingerprint density at radius 2 is 1.78 bits per heavy atom. The second-order valence-corrected chi connectivity index (χ2v) is 8.87. The molecule has 0 spiro atoms. The molecule has 0 atom stereocenters. The van der Waals surface area contributed by atoms with E-state index in [4.69, 9.17) is 13.9 Å². The number of halogens is 1. The number of ether oxygens (including phenoxy) is 2. The van der Waals surface area contributed by atoms with Gasteiger partial charge in [-0.25, -0.2) is 4.39 Å². The molecule has 0 fully saturated rings. The highest BCUT2D eigenvalue weighted by atomic mass is 32.1. The molecule has 3 aromatic carbocycles. The lowest BCUT2D eigenvalue weighted by molar-refractivity contribution is -0.131. The lowest BCUT2D eigenvalue weighted by atomic mass is 10.0. The Morgan fingerprint density at radius 1 is 0.972 bits per heavy atom. The first kappa shape index (κ1) is 23.3. The molecule has 0 radical (unpaired) electrons. The number of nitrogens with one attached hydrogen (secondary N) is 1. The number of benzene rings is 3. The Labute approximate surface area is 209 Å². The molecule has 1 amide bonds. The van der Waals surface area contributed by atoms with Crippen LogP contribution in [0.3, 0.4) is 0 Å². The van der Waals surface area contributed by atoms with Crippen molar-refractivity contribution < 1.29 is 27.9 Å². The van der Waals surface area contributed by atoms with Crippen LogP contribution in [-0.2, 0) is 4.79 Å². The van der Waals surface area contributed by atoms with Crippen molar-refractivity contribution in [3.05, 3.63) is 89.6 Å². The van der Waals surface area contributed by atoms with E-state index in [2.05, 4.69) is 5.32 Å². The Kier molecular flexibility index (Phi) is 6.26. The van der Waals surface area contributed by atoms with Crippen molar-refractivity contribution in [3.8, 4) is 33.1 Å². The van der Waals surface area contributed by atoms with Crippen LogP contribution in [0.15, 0.2) is 82.6 Å². The van der Waals surface area contributed by atoms with Gasteiger partial charge in [0.1, 0.15) is 22.9 Å². The number of hydrogen-bond acceptors (Lipinski definition) is 6. The maximum absolute atomic E-state index is 13.7. The molecule has 5 aromatic rings. The summed E-state index contributed by atoms with van der Waals surface area (Å²) in [6.45, 7) is 1.32. The predicted molar refractivity (Wildman–Crippen MR) is 137 cm³/mol. The molecule has 6 nitrogen and oxygen atoms in total. The minimum Gasteiger partial charge on any atom is -0.497 e. The maximum Gasteiger partial charge on any atom is 0.308 e. The molecular weight excluding hydrogens is 481 g/mol. The van der Waals surface area contributed by atoms with Crippen molar-refractivity contribution in [1.82, 2.24) is 0 Å². The fraction of sp³-hybridized carbons (Fsp3) is 0.0714. The van der Waals surface area contributed by atoms with Gasteiger partial charge in [0, 0.05) is 17.4 Å². The number of anilines is 1. The van der Waals surface area contributed by atoms with E-state index >= 15 is 0 Å². The highest BCUT2D eigenvalue weighted by Crippen LogP contribution is 2.46. The molecular formula is C28H20FNO5S. The van der Waals surface area contributed by atoms with Crippen LogP contribution in [0.4, 0.5) is 10.3 Å². The molecule has 0 aliphatic heterocycles. The van der Waals surface area contributed by atoms with Crippen LogP contribution >= 0.6 is 11.3 Å². The van der Waals surface area contributed by atoms with Crippen LogP contribution in [0, 0.1) is 5.82 Å². The topological polar surface area (TPSA) is 77.8 Å². The Morgan fingerprint density at radius 3 is 2.44 bits per heavy atom. The number of carbonyl (C=O) groups is 2. The van der Waals surface area contributed by atoms with Gasteiger partial charge in [0.25, 0.3) is 5.91 Å². The molecule has 8 heteroatoms. The van der Waals surface area contributed by atoms with Crippen molar-refractivity contribution >= 4 is 40.1 Å². The summed E-state index contributed by atoms with van der Waals surface area (Å²) in [4.78, 5) is 25.8. The highest BCUT2D eigenvalue weighted by Gasteiger charge is 2.24. The average Bonchev–Trinajstić information content (AvgIpc) is 3.51. The normalized spacial score (nSPS) is 10.9. The van der Waals surface area contributed by atoms with E-state index in [1.165, 1.54) is 36.5 Å². The molecule has 0 saturated carbocycles. The first-order chi connectivity index (χ1) is 17.4. The van der Waals surface area contributed by atoms with Gasteiger partial charge in [-0.15, -0.1) is 11.3 Å². The number of furan rings is 1.